The van der Waals surface area contributed by atoms with E-state index in [9.17, 15) is 4.79 Å². The van der Waals surface area contributed by atoms with Crippen molar-refractivity contribution in [1.29, 1.82) is 0 Å². The first-order valence-electron chi connectivity index (χ1n) is 7.64. The molecule has 0 saturated carbocycles. The average Bonchev–Trinajstić information content (AvgIpc) is 2.54. The molecule has 0 unspecified atom stereocenters. The maximum atomic E-state index is 11.6. The van der Waals surface area contributed by atoms with Gasteiger partial charge in [-0.15, -0.1) is 0 Å². The smallest absolute Gasteiger partial charge is 0.241 e. The predicted octanol–water partition coefficient (Wildman–Crippen LogP) is 1.05. The Morgan fingerprint density at radius 2 is 2.18 bits per heavy atom. The van der Waals surface area contributed by atoms with Gasteiger partial charge in [0, 0.05) is 19.3 Å². The third-order valence-corrected chi connectivity index (χ3v) is 3.68. The van der Waals surface area contributed by atoms with Crippen LogP contribution in [0.25, 0.3) is 0 Å². The van der Waals surface area contributed by atoms with Crippen LogP contribution in [0.1, 0.15) is 24.0 Å². The molecule has 1 aliphatic rings. The number of carbonyl (C=O) groups excluding carboxylic acids is 1. The highest BCUT2D eigenvalue weighted by Gasteiger charge is 2.13. The summed E-state index contributed by atoms with van der Waals surface area (Å²) in [7, 11) is 1.59. The average molecular weight is 304 g/mol. The first kappa shape index (κ1) is 16.3. The molecule has 1 amide bonds. The van der Waals surface area contributed by atoms with E-state index in [2.05, 4.69) is 21.7 Å². The quantitative estimate of drug-likeness (QED) is 0.416. The van der Waals surface area contributed by atoms with Crippen LogP contribution in [0.3, 0.4) is 0 Å². The molecule has 0 heterocycles. The lowest BCUT2D eigenvalue weighted by atomic mass is 9.90. The zero-order valence-electron chi connectivity index (χ0n) is 13.0. The fraction of sp³-hybridized carbons (Fsp3) is 0.500. The lowest BCUT2D eigenvalue weighted by Crippen LogP contribution is -2.31. The van der Waals surface area contributed by atoms with Crippen LogP contribution in [-0.2, 0) is 22.4 Å². The van der Waals surface area contributed by atoms with Gasteiger partial charge >= 0.3 is 0 Å². The molecule has 0 radical (unpaired) electrons. The van der Waals surface area contributed by atoms with Crippen molar-refractivity contribution in [2.75, 3.05) is 32.1 Å². The summed E-state index contributed by atoms with van der Waals surface area (Å²) in [6.07, 6.45) is 4.61. The predicted molar refractivity (Wildman–Crippen MR) is 88.1 cm³/mol. The third-order valence-electron chi connectivity index (χ3n) is 3.68. The number of nitrogens with zero attached hydrogens (tertiary/aromatic N) is 1. The number of aliphatic imine (C=N–C) groups is 1. The second kappa shape index (κ2) is 8.38. The van der Waals surface area contributed by atoms with E-state index in [0.717, 1.165) is 18.5 Å². The van der Waals surface area contributed by atoms with Crippen LogP contribution >= 0.6 is 0 Å². The normalized spacial score (nSPS) is 14.3. The number of anilines is 1. The SMILES string of the molecule is COCCNC(=O)CN=C(N)Nc1cccc2c1CCCC2. The fourth-order valence-electron chi connectivity index (χ4n) is 2.58. The van der Waals surface area contributed by atoms with Crippen molar-refractivity contribution in [3.05, 3.63) is 29.3 Å². The number of guanidine groups is 1. The number of methoxy groups -OCH3 is 1. The molecule has 120 valence electrons. The van der Waals surface area contributed by atoms with Crippen molar-refractivity contribution in [3.8, 4) is 0 Å². The van der Waals surface area contributed by atoms with E-state index in [1.54, 1.807) is 7.11 Å². The molecule has 4 N–H and O–H groups in total. The van der Waals surface area contributed by atoms with Gasteiger partial charge in [-0.1, -0.05) is 12.1 Å². The molecule has 22 heavy (non-hydrogen) atoms. The first-order chi connectivity index (χ1) is 10.7. The standard InChI is InChI=1S/C16H24N4O2/c1-22-10-9-18-15(21)11-19-16(17)20-14-8-4-6-12-5-2-3-7-13(12)14/h4,6,8H,2-3,5,7,9-11H2,1H3,(H,18,21)(H3,17,19,20). The number of hydrogen-bond donors (Lipinski definition) is 3. The summed E-state index contributed by atoms with van der Waals surface area (Å²) in [6.45, 7) is 0.974. The maximum Gasteiger partial charge on any atom is 0.241 e. The molecule has 0 atom stereocenters. The minimum Gasteiger partial charge on any atom is -0.383 e. The Kier molecular flexibility index (Phi) is 6.21. The van der Waals surface area contributed by atoms with Crippen molar-refractivity contribution >= 4 is 17.6 Å². The molecule has 0 saturated heterocycles. The van der Waals surface area contributed by atoms with Gasteiger partial charge in [0.1, 0.15) is 6.54 Å². The van der Waals surface area contributed by atoms with E-state index in [-0.39, 0.29) is 18.4 Å². The highest BCUT2D eigenvalue weighted by Crippen LogP contribution is 2.27. The van der Waals surface area contributed by atoms with E-state index in [1.165, 1.54) is 24.0 Å². The van der Waals surface area contributed by atoms with Crippen molar-refractivity contribution in [2.24, 2.45) is 10.7 Å². The molecule has 6 nitrogen and oxygen atoms in total. The van der Waals surface area contributed by atoms with Gasteiger partial charge in [0.05, 0.1) is 6.61 Å². The van der Waals surface area contributed by atoms with E-state index < -0.39 is 0 Å². The van der Waals surface area contributed by atoms with Gasteiger partial charge in [0.25, 0.3) is 0 Å². The van der Waals surface area contributed by atoms with Crippen LogP contribution in [0.2, 0.25) is 0 Å². The van der Waals surface area contributed by atoms with Gasteiger partial charge in [0.2, 0.25) is 5.91 Å². The number of carbonyl (C=O) groups is 1. The fourth-order valence-corrected chi connectivity index (χ4v) is 2.58. The van der Waals surface area contributed by atoms with Gasteiger partial charge in [0.15, 0.2) is 5.96 Å². The Labute approximate surface area is 131 Å². The molecule has 0 aliphatic heterocycles. The summed E-state index contributed by atoms with van der Waals surface area (Å²) in [6, 6.07) is 6.19. The Balaban J connectivity index is 1.90. The molecular formula is C16H24N4O2. The van der Waals surface area contributed by atoms with Crippen molar-refractivity contribution in [3.63, 3.8) is 0 Å². The van der Waals surface area contributed by atoms with Crippen LogP contribution in [-0.4, -0.2) is 38.7 Å². The Bertz CT molecular complexity index is 543. The van der Waals surface area contributed by atoms with Crippen molar-refractivity contribution in [2.45, 2.75) is 25.7 Å². The zero-order valence-corrected chi connectivity index (χ0v) is 13.0. The molecule has 0 spiro atoms. The third kappa shape index (κ3) is 4.73. The number of hydrogen-bond acceptors (Lipinski definition) is 3. The van der Waals surface area contributed by atoms with Gasteiger partial charge in [-0.3, -0.25) is 4.79 Å². The molecule has 1 aromatic rings. The molecule has 0 aromatic heterocycles. The first-order valence-corrected chi connectivity index (χ1v) is 7.64. The minimum absolute atomic E-state index is 0.0115. The number of ether oxygens (including phenoxy) is 1. The van der Waals surface area contributed by atoms with Crippen LogP contribution in [0.15, 0.2) is 23.2 Å². The summed E-state index contributed by atoms with van der Waals surface area (Å²) >= 11 is 0. The number of rotatable bonds is 6. The Morgan fingerprint density at radius 3 is 3.00 bits per heavy atom. The maximum absolute atomic E-state index is 11.6. The van der Waals surface area contributed by atoms with Crippen LogP contribution in [0, 0.1) is 0 Å². The Morgan fingerprint density at radius 1 is 1.36 bits per heavy atom. The number of nitrogens with two attached hydrogens (primary N) is 1. The van der Waals surface area contributed by atoms with Crippen LogP contribution < -0.4 is 16.4 Å². The Hall–Kier alpha value is -2.08. The summed E-state index contributed by atoms with van der Waals surface area (Å²) in [4.78, 5) is 15.6. The molecule has 1 aromatic carbocycles. The molecular weight excluding hydrogens is 280 g/mol. The molecule has 1 aliphatic carbocycles. The van der Waals surface area contributed by atoms with Crippen LogP contribution in [0.4, 0.5) is 5.69 Å². The topological polar surface area (TPSA) is 88.7 Å². The second-order valence-electron chi connectivity index (χ2n) is 5.32. The molecule has 0 fully saturated rings. The van der Waals surface area contributed by atoms with E-state index in [4.69, 9.17) is 10.5 Å². The summed E-state index contributed by atoms with van der Waals surface area (Å²) in [5, 5.41) is 5.81. The highest BCUT2D eigenvalue weighted by atomic mass is 16.5. The minimum atomic E-state index is -0.170. The highest BCUT2D eigenvalue weighted by molar-refractivity contribution is 5.94. The zero-order chi connectivity index (χ0) is 15.8. The lowest BCUT2D eigenvalue weighted by Gasteiger charge is -2.19. The van der Waals surface area contributed by atoms with Gasteiger partial charge < -0.3 is 21.1 Å². The van der Waals surface area contributed by atoms with Crippen LogP contribution in [0.5, 0.6) is 0 Å². The number of benzene rings is 1. The lowest BCUT2D eigenvalue weighted by molar-refractivity contribution is -0.119. The molecule has 0 bridgehead atoms. The molecule has 6 heteroatoms. The number of nitrogens with one attached hydrogen (secondary N) is 2. The van der Waals surface area contributed by atoms with E-state index in [0.29, 0.717) is 13.2 Å². The van der Waals surface area contributed by atoms with Gasteiger partial charge in [-0.2, -0.15) is 0 Å². The number of aryl methyl sites for hydroxylation is 1. The summed E-state index contributed by atoms with van der Waals surface area (Å²) in [5.41, 5.74) is 9.57. The van der Waals surface area contributed by atoms with Gasteiger partial charge in [-0.05, 0) is 42.9 Å². The van der Waals surface area contributed by atoms with E-state index >= 15 is 0 Å². The van der Waals surface area contributed by atoms with Crippen molar-refractivity contribution in [1.82, 2.24) is 5.32 Å². The number of amides is 1. The van der Waals surface area contributed by atoms with E-state index in [1.807, 2.05) is 12.1 Å². The summed E-state index contributed by atoms with van der Waals surface area (Å²) in [5.74, 6) is 0.0951. The van der Waals surface area contributed by atoms with Crippen molar-refractivity contribution < 1.29 is 9.53 Å². The second-order valence-corrected chi connectivity index (χ2v) is 5.32. The number of fused-ring (bicyclic) bond motifs is 1. The molecule has 2 rings (SSSR count). The summed E-state index contributed by atoms with van der Waals surface area (Å²) < 4.78 is 4.86. The largest absolute Gasteiger partial charge is 0.383 e. The van der Waals surface area contributed by atoms with Gasteiger partial charge in [-0.25, -0.2) is 4.99 Å². The monoisotopic (exact) mass is 304 g/mol.